The molecule has 1 aromatic carbocycles. The fraction of sp³-hybridized carbons (Fsp3) is 0.562. The smallest absolute Gasteiger partial charge is 0.223 e. The molecule has 1 saturated carbocycles. The van der Waals surface area contributed by atoms with Crippen LogP contribution in [0.15, 0.2) is 24.3 Å². The van der Waals surface area contributed by atoms with Crippen LogP contribution >= 0.6 is 0 Å². The van der Waals surface area contributed by atoms with Crippen molar-refractivity contribution in [2.75, 3.05) is 13.7 Å². The molecule has 0 heterocycles. The van der Waals surface area contributed by atoms with E-state index in [0.717, 1.165) is 38.0 Å². The van der Waals surface area contributed by atoms with Gasteiger partial charge in [0.25, 0.3) is 0 Å². The number of carbonyl (C=O) groups is 1. The first kappa shape index (κ1) is 13.9. The summed E-state index contributed by atoms with van der Waals surface area (Å²) in [6.07, 6.45) is 6.51. The number of rotatable bonds is 6. The highest BCUT2D eigenvalue weighted by Crippen LogP contribution is 2.24. The molecule has 1 aliphatic carbocycles. The van der Waals surface area contributed by atoms with Gasteiger partial charge in [-0.15, -0.1) is 0 Å². The quantitative estimate of drug-likeness (QED) is 0.800. The Morgan fingerprint density at radius 2 is 2.16 bits per heavy atom. The van der Waals surface area contributed by atoms with E-state index in [1.54, 1.807) is 7.11 Å². The maximum atomic E-state index is 11.8. The molecule has 1 aromatic rings. The van der Waals surface area contributed by atoms with Crippen LogP contribution in [0, 0.1) is 5.92 Å². The lowest BCUT2D eigenvalue weighted by Crippen LogP contribution is -2.30. The molecular weight excluding hydrogens is 238 g/mol. The van der Waals surface area contributed by atoms with Crippen LogP contribution in [0.4, 0.5) is 0 Å². The normalized spacial score (nSPS) is 15.4. The highest BCUT2D eigenvalue weighted by atomic mass is 16.5. The molecule has 0 spiro atoms. The Balaban J connectivity index is 1.67. The Labute approximate surface area is 115 Å². The molecule has 0 aliphatic heterocycles. The number of hydrogen-bond donors (Lipinski definition) is 1. The average molecular weight is 261 g/mol. The zero-order chi connectivity index (χ0) is 13.5. The molecule has 104 valence electrons. The van der Waals surface area contributed by atoms with Crippen molar-refractivity contribution in [3.05, 3.63) is 29.8 Å². The van der Waals surface area contributed by atoms with Gasteiger partial charge in [-0.1, -0.05) is 25.0 Å². The predicted octanol–water partition coefficient (Wildman–Crippen LogP) is 2.93. The predicted molar refractivity (Wildman–Crippen MR) is 76.3 cm³/mol. The van der Waals surface area contributed by atoms with Crippen LogP contribution in [0.25, 0.3) is 0 Å². The average Bonchev–Trinajstić information content (AvgIpc) is 2.98. The molecule has 1 fully saturated rings. The van der Waals surface area contributed by atoms with Crippen LogP contribution in [0.3, 0.4) is 0 Å². The van der Waals surface area contributed by atoms with E-state index in [1.165, 1.54) is 18.4 Å². The Morgan fingerprint density at radius 3 is 2.89 bits per heavy atom. The van der Waals surface area contributed by atoms with Crippen molar-refractivity contribution in [1.82, 2.24) is 5.32 Å². The van der Waals surface area contributed by atoms with Gasteiger partial charge >= 0.3 is 0 Å². The van der Waals surface area contributed by atoms with E-state index >= 15 is 0 Å². The molecule has 1 N–H and O–H groups in total. The number of amides is 1. The molecule has 0 atom stereocenters. The van der Waals surface area contributed by atoms with Crippen molar-refractivity contribution < 1.29 is 9.53 Å². The summed E-state index contributed by atoms with van der Waals surface area (Å²) in [5, 5.41) is 3.05. The fourth-order valence-corrected chi connectivity index (χ4v) is 2.66. The second-order valence-corrected chi connectivity index (χ2v) is 5.23. The van der Waals surface area contributed by atoms with Crippen LogP contribution < -0.4 is 10.1 Å². The topological polar surface area (TPSA) is 38.3 Å². The minimum atomic E-state index is 0.253. The zero-order valence-corrected chi connectivity index (χ0v) is 11.7. The summed E-state index contributed by atoms with van der Waals surface area (Å²) < 4.78 is 5.20. The van der Waals surface area contributed by atoms with E-state index in [2.05, 4.69) is 17.4 Å². The first-order valence-electron chi connectivity index (χ1n) is 7.20. The van der Waals surface area contributed by atoms with Crippen LogP contribution in [-0.4, -0.2) is 19.6 Å². The maximum absolute atomic E-state index is 11.8. The van der Waals surface area contributed by atoms with Gasteiger partial charge in [-0.3, -0.25) is 4.79 Å². The summed E-state index contributed by atoms with van der Waals surface area (Å²) in [6, 6.07) is 8.11. The minimum absolute atomic E-state index is 0.253. The van der Waals surface area contributed by atoms with Crippen molar-refractivity contribution >= 4 is 5.91 Å². The first-order valence-corrected chi connectivity index (χ1v) is 7.20. The highest BCUT2D eigenvalue weighted by Gasteiger charge is 2.21. The SMILES string of the molecule is COc1cccc(CCCNC(=O)C2CCCC2)c1. The lowest BCUT2D eigenvalue weighted by atomic mass is 10.1. The van der Waals surface area contributed by atoms with Crippen LogP contribution in [0.5, 0.6) is 5.75 Å². The fourth-order valence-electron chi connectivity index (χ4n) is 2.66. The van der Waals surface area contributed by atoms with Gasteiger partial charge in [0, 0.05) is 12.5 Å². The number of carbonyl (C=O) groups excluding carboxylic acids is 1. The van der Waals surface area contributed by atoms with Gasteiger partial charge in [0.1, 0.15) is 5.75 Å². The summed E-state index contributed by atoms with van der Waals surface area (Å²) in [5.41, 5.74) is 1.26. The molecule has 19 heavy (non-hydrogen) atoms. The van der Waals surface area contributed by atoms with Gasteiger partial charge in [0.2, 0.25) is 5.91 Å². The molecule has 0 radical (unpaired) electrons. The standard InChI is InChI=1S/C16H23NO2/c1-19-15-10-4-6-13(12-15)7-5-11-17-16(18)14-8-2-3-9-14/h4,6,10,12,14H,2-3,5,7-9,11H2,1H3,(H,17,18). The summed E-state index contributed by atoms with van der Waals surface area (Å²) in [7, 11) is 1.68. The number of nitrogens with one attached hydrogen (secondary N) is 1. The van der Waals surface area contributed by atoms with Crippen LogP contribution in [-0.2, 0) is 11.2 Å². The number of benzene rings is 1. The molecule has 1 aliphatic rings. The Hall–Kier alpha value is -1.51. The third-order valence-electron chi connectivity index (χ3n) is 3.80. The molecule has 0 aromatic heterocycles. The van der Waals surface area contributed by atoms with Crippen LogP contribution in [0.1, 0.15) is 37.7 Å². The van der Waals surface area contributed by atoms with Crippen molar-refractivity contribution in [2.24, 2.45) is 5.92 Å². The summed E-state index contributed by atoms with van der Waals surface area (Å²) in [5.74, 6) is 1.42. The largest absolute Gasteiger partial charge is 0.497 e. The van der Waals surface area contributed by atoms with Gasteiger partial charge < -0.3 is 10.1 Å². The maximum Gasteiger partial charge on any atom is 0.223 e. The van der Waals surface area contributed by atoms with E-state index in [0.29, 0.717) is 0 Å². The third-order valence-corrected chi connectivity index (χ3v) is 3.80. The Bertz CT molecular complexity index is 411. The second-order valence-electron chi connectivity index (χ2n) is 5.23. The zero-order valence-electron chi connectivity index (χ0n) is 11.7. The lowest BCUT2D eigenvalue weighted by Gasteiger charge is -2.10. The molecular formula is C16H23NO2. The van der Waals surface area contributed by atoms with E-state index in [4.69, 9.17) is 4.74 Å². The minimum Gasteiger partial charge on any atom is -0.497 e. The van der Waals surface area contributed by atoms with Gasteiger partial charge in [0.05, 0.1) is 7.11 Å². The third kappa shape index (κ3) is 4.27. The molecule has 0 unspecified atom stereocenters. The molecule has 3 heteroatoms. The summed E-state index contributed by atoms with van der Waals surface area (Å²) in [6.45, 7) is 0.770. The van der Waals surface area contributed by atoms with Gasteiger partial charge in [-0.05, 0) is 43.4 Å². The molecule has 0 bridgehead atoms. The Kier molecular flexibility index (Phi) is 5.25. The van der Waals surface area contributed by atoms with Gasteiger partial charge in [-0.25, -0.2) is 0 Å². The first-order chi connectivity index (χ1) is 9.29. The van der Waals surface area contributed by atoms with Crippen molar-refractivity contribution in [2.45, 2.75) is 38.5 Å². The highest BCUT2D eigenvalue weighted by molar-refractivity contribution is 5.78. The molecule has 1 amide bonds. The number of ether oxygens (including phenoxy) is 1. The number of methoxy groups -OCH3 is 1. The van der Waals surface area contributed by atoms with E-state index in [1.807, 2.05) is 12.1 Å². The van der Waals surface area contributed by atoms with Crippen LogP contribution in [0.2, 0.25) is 0 Å². The van der Waals surface area contributed by atoms with Crippen molar-refractivity contribution in [3.8, 4) is 5.75 Å². The van der Waals surface area contributed by atoms with Gasteiger partial charge in [-0.2, -0.15) is 0 Å². The summed E-state index contributed by atoms with van der Waals surface area (Å²) >= 11 is 0. The Morgan fingerprint density at radius 1 is 1.37 bits per heavy atom. The molecule has 3 nitrogen and oxygen atoms in total. The lowest BCUT2D eigenvalue weighted by molar-refractivity contribution is -0.124. The molecule has 2 rings (SSSR count). The van der Waals surface area contributed by atoms with E-state index in [9.17, 15) is 4.79 Å². The van der Waals surface area contributed by atoms with Crippen molar-refractivity contribution in [3.63, 3.8) is 0 Å². The monoisotopic (exact) mass is 261 g/mol. The van der Waals surface area contributed by atoms with E-state index < -0.39 is 0 Å². The summed E-state index contributed by atoms with van der Waals surface area (Å²) in [4.78, 5) is 11.8. The van der Waals surface area contributed by atoms with Crippen molar-refractivity contribution in [1.29, 1.82) is 0 Å². The van der Waals surface area contributed by atoms with Gasteiger partial charge in [0.15, 0.2) is 0 Å². The number of hydrogen-bond acceptors (Lipinski definition) is 2. The molecule has 0 saturated heterocycles. The number of aryl methyl sites for hydroxylation is 1. The second kappa shape index (κ2) is 7.17. The van der Waals surface area contributed by atoms with E-state index in [-0.39, 0.29) is 11.8 Å².